The first-order valence-electron chi connectivity index (χ1n) is 13.9. The summed E-state index contributed by atoms with van der Waals surface area (Å²) in [6.45, 7) is 17.7. The van der Waals surface area contributed by atoms with E-state index in [1.807, 2.05) is 18.2 Å². The van der Waals surface area contributed by atoms with E-state index in [-0.39, 0.29) is 21.9 Å². The Morgan fingerprint density at radius 3 is 1.61 bits per heavy atom. The summed E-state index contributed by atoms with van der Waals surface area (Å²) in [5.41, 5.74) is 0.954. The number of rotatable bonds is 10. The van der Waals surface area contributed by atoms with E-state index in [9.17, 15) is 4.79 Å². The maximum Gasteiger partial charge on any atom is 0.262 e. The molecular formula is C34H47NO2Si. The minimum absolute atomic E-state index is 0.0248. The zero-order valence-corrected chi connectivity index (χ0v) is 25.7. The highest BCUT2D eigenvalue weighted by Gasteiger charge is 2.52. The van der Waals surface area contributed by atoms with E-state index < -0.39 is 14.4 Å². The van der Waals surface area contributed by atoms with Crippen LogP contribution in [-0.4, -0.2) is 25.9 Å². The number of amides is 1. The highest BCUT2D eigenvalue weighted by atomic mass is 28.4. The maximum absolute atomic E-state index is 14.1. The molecule has 3 rings (SSSR count). The molecule has 1 unspecified atom stereocenters. The largest absolute Gasteiger partial charge is 0.395 e. The number of hydrogen-bond donors (Lipinski definition) is 1. The molecule has 38 heavy (non-hydrogen) atoms. The van der Waals surface area contributed by atoms with Crippen LogP contribution in [0, 0.1) is 5.41 Å². The summed E-state index contributed by atoms with van der Waals surface area (Å²) in [6.07, 6.45) is 1.68. The molecule has 204 valence electrons. The summed E-state index contributed by atoms with van der Waals surface area (Å²) in [7, 11) is -2.90. The molecule has 1 N–H and O–H groups in total. The summed E-state index contributed by atoms with van der Waals surface area (Å²) < 4.78 is 7.36. The molecule has 3 aromatic rings. The molecular weight excluding hydrogens is 482 g/mol. The van der Waals surface area contributed by atoms with Crippen molar-refractivity contribution in [3.05, 3.63) is 96.6 Å². The van der Waals surface area contributed by atoms with Gasteiger partial charge in [-0.1, -0.05) is 133 Å². The van der Waals surface area contributed by atoms with Crippen LogP contribution in [0.25, 0.3) is 0 Å². The fourth-order valence-corrected chi connectivity index (χ4v) is 10.5. The van der Waals surface area contributed by atoms with Crippen molar-refractivity contribution in [1.29, 1.82) is 0 Å². The SMILES string of the molecule is CC(C)(C)CC(C)(C)NC(=O)C(CCc1ccccc1)O[Si](c1ccccc1)(c1ccccc1)C(C)(C)C. The Morgan fingerprint density at radius 1 is 0.737 bits per heavy atom. The molecule has 1 amide bonds. The molecule has 0 aliphatic rings. The van der Waals surface area contributed by atoms with Gasteiger partial charge in [-0.3, -0.25) is 4.79 Å². The zero-order chi connectivity index (χ0) is 28.0. The van der Waals surface area contributed by atoms with Gasteiger partial charge < -0.3 is 9.74 Å². The molecule has 0 spiro atoms. The van der Waals surface area contributed by atoms with Gasteiger partial charge >= 0.3 is 0 Å². The molecule has 0 aromatic heterocycles. The van der Waals surface area contributed by atoms with Crippen molar-refractivity contribution in [2.45, 2.75) is 91.3 Å². The van der Waals surface area contributed by atoms with Gasteiger partial charge in [-0.05, 0) is 59.5 Å². The first kappa shape index (κ1) is 29.9. The smallest absolute Gasteiger partial charge is 0.262 e. The first-order valence-corrected chi connectivity index (χ1v) is 15.8. The highest BCUT2D eigenvalue weighted by Crippen LogP contribution is 2.38. The van der Waals surface area contributed by atoms with Crippen LogP contribution in [-0.2, 0) is 15.6 Å². The molecule has 1 atom stereocenters. The number of carbonyl (C=O) groups is 1. The lowest BCUT2D eigenvalue weighted by Crippen LogP contribution is -2.69. The average Bonchev–Trinajstić information content (AvgIpc) is 2.83. The van der Waals surface area contributed by atoms with Crippen LogP contribution in [0.15, 0.2) is 91.0 Å². The molecule has 4 heteroatoms. The second-order valence-corrected chi connectivity index (χ2v) is 17.7. The van der Waals surface area contributed by atoms with Gasteiger partial charge in [-0.25, -0.2) is 0 Å². The van der Waals surface area contributed by atoms with E-state index in [0.717, 1.165) is 12.8 Å². The molecule has 0 aliphatic carbocycles. The van der Waals surface area contributed by atoms with Crippen LogP contribution in [0.5, 0.6) is 0 Å². The Bertz CT molecular complexity index is 1110. The van der Waals surface area contributed by atoms with E-state index in [4.69, 9.17) is 4.43 Å². The fraction of sp³-hybridized carbons (Fsp3) is 0.441. The third-order valence-corrected chi connectivity index (χ3v) is 12.0. The predicted molar refractivity (Wildman–Crippen MR) is 164 cm³/mol. The number of nitrogens with one attached hydrogen (secondary N) is 1. The van der Waals surface area contributed by atoms with Gasteiger partial charge in [0.2, 0.25) is 5.91 Å². The molecule has 3 nitrogen and oxygen atoms in total. The second kappa shape index (κ2) is 12.0. The van der Waals surface area contributed by atoms with Crippen molar-refractivity contribution < 1.29 is 9.22 Å². The van der Waals surface area contributed by atoms with Gasteiger partial charge in [-0.2, -0.15) is 0 Å². The quantitative estimate of drug-likeness (QED) is 0.290. The summed E-state index contributed by atoms with van der Waals surface area (Å²) in [5.74, 6) is -0.0248. The summed E-state index contributed by atoms with van der Waals surface area (Å²) in [4.78, 5) is 14.1. The Hall–Kier alpha value is -2.69. The number of aryl methyl sites for hydroxylation is 1. The summed E-state index contributed by atoms with van der Waals surface area (Å²) in [5, 5.41) is 5.55. The van der Waals surface area contributed by atoms with Crippen molar-refractivity contribution in [3.63, 3.8) is 0 Å². The Morgan fingerprint density at radius 2 is 1.18 bits per heavy atom. The van der Waals surface area contributed by atoms with Crippen molar-refractivity contribution in [1.82, 2.24) is 5.32 Å². The van der Waals surface area contributed by atoms with Gasteiger partial charge in [0.25, 0.3) is 8.32 Å². The highest BCUT2D eigenvalue weighted by molar-refractivity contribution is 6.99. The monoisotopic (exact) mass is 529 g/mol. The predicted octanol–water partition coefficient (Wildman–Crippen LogP) is 6.90. The zero-order valence-electron chi connectivity index (χ0n) is 24.7. The van der Waals surface area contributed by atoms with Crippen LogP contribution in [0.2, 0.25) is 5.04 Å². The van der Waals surface area contributed by atoms with Gasteiger partial charge in [0, 0.05) is 5.54 Å². The first-order chi connectivity index (χ1) is 17.7. The third kappa shape index (κ3) is 7.67. The van der Waals surface area contributed by atoms with Crippen LogP contribution in [0.4, 0.5) is 0 Å². The van der Waals surface area contributed by atoms with Gasteiger partial charge in [-0.15, -0.1) is 0 Å². The topological polar surface area (TPSA) is 38.3 Å². The normalized spacial score (nSPS) is 13.7. The van der Waals surface area contributed by atoms with Crippen molar-refractivity contribution in [2.75, 3.05) is 0 Å². The lowest BCUT2D eigenvalue weighted by atomic mass is 9.81. The number of hydrogen-bond acceptors (Lipinski definition) is 2. The molecule has 3 aromatic carbocycles. The molecule has 0 bridgehead atoms. The van der Waals surface area contributed by atoms with E-state index in [2.05, 4.69) is 134 Å². The van der Waals surface area contributed by atoms with Crippen LogP contribution >= 0.6 is 0 Å². The molecule has 0 saturated carbocycles. The van der Waals surface area contributed by atoms with Crippen molar-refractivity contribution in [2.24, 2.45) is 5.41 Å². The summed E-state index contributed by atoms with van der Waals surface area (Å²) >= 11 is 0. The van der Waals surface area contributed by atoms with E-state index in [0.29, 0.717) is 6.42 Å². The van der Waals surface area contributed by atoms with E-state index in [1.165, 1.54) is 15.9 Å². The Labute approximate surface area is 232 Å². The molecule has 0 aliphatic heterocycles. The van der Waals surface area contributed by atoms with Crippen LogP contribution in [0.1, 0.15) is 73.8 Å². The third-order valence-electron chi connectivity index (χ3n) is 7.00. The van der Waals surface area contributed by atoms with Crippen molar-refractivity contribution >= 4 is 24.6 Å². The minimum atomic E-state index is -2.90. The molecule has 0 saturated heterocycles. The Balaban J connectivity index is 2.08. The average molecular weight is 530 g/mol. The number of carbonyl (C=O) groups excluding carboxylic acids is 1. The van der Waals surface area contributed by atoms with E-state index in [1.54, 1.807) is 0 Å². The lowest BCUT2D eigenvalue weighted by Gasteiger charge is -2.45. The van der Waals surface area contributed by atoms with Crippen LogP contribution < -0.4 is 15.7 Å². The number of benzene rings is 3. The van der Waals surface area contributed by atoms with E-state index >= 15 is 0 Å². The molecule has 0 fully saturated rings. The summed E-state index contributed by atoms with van der Waals surface area (Å²) in [6, 6.07) is 31.5. The Kier molecular flexibility index (Phi) is 9.43. The van der Waals surface area contributed by atoms with Crippen LogP contribution in [0.3, 0.4) is 0 Å². The fourth-order valence-electron chi connectivity index (χ4n) is 5.87. The van der Waals surface area contributed by atoms with Gasteiger partial charge in [0.1, 0.15) is 6.10 Å². The minimum Gasteiger partial charge on any atom is -0.395 e. The molecule has 0 radical (unpaired) electrons. The molecule has 0 heterocycles. The second-order valence-electron chi connectivity index (χ2n) is 13.4. The van der Waals surface area contributed by atoms with Crippen molar-refractivity contribution in [3.8, 4) is 0 Å². The van der Waals surface area contributed by atoms with Gasteiger partial charge in [0.15, 0.2) is 0 Å². The maximum atomic E-state index is 14.1. The lowest BCUT2D eigenvalue weighted by molar-refractivity contribution is -0.130. The van der Waals surface area contributed by atoms with Gasteiger partial charge in [0.05, 0.1) is 0 Å². The standard InChI is InChI=1S/C34H47NO2Si/c1-32(2,3)26-34(7,8)35-31(36)30(25-24-27-18-12-9-13-19-27)37-38(33(4,5)6,28-20-14-10-15-21-28)29-22-16-11-17-23-29/h9-23,30H,24-26H2,1-8H3,(H,35,36).